The average Bonchev–Trinajstić information content (AvgIpc) is 2.86. The van der Waals surface area contributed by atoms with Crippen LogP contribution in [0.5, 0.6) is 0 Å². The SMILES string of the molecule is CC(=O)c1ccc2c(c1)oc(=O)n2CC(=O)Nc1cccc(Cl)c1C. The van der Waals surface area contributed by atoms with E-state index in [0.29, 0.717) is 21.8 Å². The molecule has 0 atom stereocenters. The van der Waals surface area contributed by atoms with E-state index in [2.05, 4.69) is 5.32 Å². The fourth-order valence-corrected chi connectivity index (χ4v) is 2.69. The lowest BCUT2D eigenvalue weighted by Crippen LogP contribution is -2.25. The minimum Gasteiger partial charge on any atom is -0.408 e. The first-order valence-corrected chi connectivity index (χ1v) is 7.94. The second kappa shape index (κ2) is 6.57. The predicted octanol–water partition coefficient (Wildman–Crippen LogP) is 3.40. The highest BCUT2D eigenvalue weighted by Crippen LogP contribution is 2.23. The first-order chi connectivity index (χ1) is 11.9. The van der Waals surface area contributed by atoms with E-state index in [1.165, 1.54) is 17.6 Å². The summed E-state index contributed by atoms with van der Waals surface area (Å²) in [6.45, 7) is 3.01. The van der Waals surface area contributed by atoms with Crippen molar-refractivity contribution in [3.8, 4) is 0 Å². The van der Waals surface area contributed by atoms with Crippen LogP contribution < -0.4 is 11.1 Å². The molecule has 3 rings (SSSR count). The third-order valence-electron chi connectivity index (χ3n) is 3.92. The summed E-state index contributed by atoms with van der Waals surface area (Å²) >= 11 is 6.03. The van der Waals surface area contributed by atoms with Gasteiger partial charge in [0.15, 0.2) is 11.4 Å². The summed E-state index contributed by atoms with van der Waals surface area (Å²) in [7, 11) is 0. The lowest BCUT2D eigenvalue weighted by atomic mass is 10.1. The van der Waals surface area contributed by atoms with Gasteiger partial charge in [-0.15, -0.1) is 0 Å². The molecule has 1 aromatic heterocycles. The Morgan fingerprint density at radius 1 is 1.24 bits per heavy atom. The van der Waals surface area contributed by atoms with Gasteiger partial charge in [-0.2, -0.15) is 0 Å². The summed E-state index contributed by atoms with van der Waals surface area (Å²) in [5.74, 6) is -1.18. The van der Waals surface area contributed by atoms with Gasteiger partial charge < -0.3 is 9.73 Å². The maximum atomic E-state index is 12.3. The molecule has 0 radical (unpaired) electrons. The quantitative estimate of drug-likeness (QED) is 0.725. The number of hydrogen-bond donors (Lipinski definition) is 1. The Morgan fingerprint density at radius 2 is 2.00 bits per heavy atom. The second-order valence-electron chi connectivity index (χ2n) is 5.65. The highest BCUT2D eigenvalue weighted by atomic mass is 35.5. The highest BCUT2D eigenvalue weighted by Gasteiger charge is 2.15. The summed E-state index contributed by atoms with van der Waals surface area (Å²) in [6.07, 6.45) is 0. The molecule has 0 saturated heterocycles. The molecule has 0 fully saturated rings. The standard InChI is InChI=1S/C18H15ClN2O4/c1-10-13(19)4-3-5-14(10)20-17(23)9-21-15-7-6-12(11(2)22)8-16(15)25-18(21)24/h3-8H,9H2,1-2H3,(H,20,23). The number of anilines is 1. The van der Waals surface area contributed by atoms with Crippen molar-refractivity contribution < 1.29 is 14.0 Å². The van der Waals surface area contributed by atoms with Crippen LogP contribution in [-0.2, 0) is 11.3 Å². The molecule has 6 nitrogen and oxygen atoms in total. The van der Waals surface area contributed by atoms with Gasteiger partial charge >= 0.3 is 5.76 Å². The van der Waals surface area contributed by atoms with Crippen LogP contribution in [0.15, 0.2) is 45.6 Å². The van der Waals surface area contributed by atoms with Crippen LogP contribution in [0, 0.1) is 6.92 Å². The molecule has 3 aromatic rings. The van der Waals surface area contributed by atoms with E-state index in [1.54, 1.807) is 37.3 Å². The van der Waals surface area contributed by atoms with E-state index in [9.17, 15) is 14.4 Å². The van der Waals surface area contributed by atoms with E-state index >= 15 is 0 Å². The molecule has 1 N–H and O–H groups in total. The van der Waals surface area contributed by atoms with Gasteiger partial charge in [0.1, 0.15) is 6.54 Å². The number of halogens is 1. The number of ketones is 1. The van der Waals surface area contributed by atoms with Gasteiger partial charge in [-0.05, 0) is 49.7 Å². The molecule has 7 heteroatoms. The number of oxazole rings is 1. The van der Waals surface area contributed by atoms with Gasteiger partial charge in [0.25, 0.3) is 0 Å². The molecule has 0 saturated carbocycles. The largest absolute Gasteiger partial charge is 0.420 e. The van der Waals surface area contributed by atoms with Crippen molar-refractivity contribution in [2.45, 2.75) is 20.4 Å². The first-order valence-electron chi connectivity index (χ1n) is 7.56. The second-order valence-corrected chi connectivity index (χ2v) is 6.06. The van der Waals surface area contributed by atoms with Crippen molar-refractivity contribution in [1.82, 2.24) is 4.57 Å². The molecule has 0 spiro atoms. The van der Waals surface area contributed by atoms with Crippen LogP contribution in [0.25, 0.3) is 11.1 Å². The number of nitrogens with one attached hydrogen (secondary N) is 1. The zero-order valence-electron chi connectivity index (χ0n) is 13.6. The Hall–Kier alpha value is -2.86. The summed E-state index contributed by atoms with van der Waals surface area (Å²) < 4.78 is 6.35. The minimum atomic E-state index is -0.659. The van der Waals surface area contributed by atoms with Crippen molar-refractivity contribution >= 4 is 40.1 Å². The van der Waals surface area contributed by atoms with Crippen LogP contribution in [0.3, 0.4) is 0 Å². The van der Waals surface area contributed by atoms with Crippen LogP contribution in [0.1, 0.15) is 22.8 Å². The van der Waals surface area contributed by atoms with Crippen LogP contribution in [0.4, 0.5) is 5.69 Å². The van der Waals surface area contributed by atoms with Gasteiger partial charge in [-0.25, -0.2) is 4.79 Å². The molecule has 0 aliphatic rings. The Kier molecular flexibility index (Phi) is 4.46. The summed E-state index contributed by atoms with van der Waals surface area (Å²) in [5, 5.41) is 3.27. The minimum absolute atomic E-state index is 0.133. The third kappa shape index (κ3) is 3.34. The van der Waals surface area contributed by atoms with E-state index < -0.39 is 5.76 Å². The number of aromatic nitrogens is 1. The van der Waals surface area contributed by atoms with Gasteiger partial charge in [-0.3, -0.25) is 14.2 Å². The first kappa shape index (κ1) is 17.0. The number of nitrogens with zero attached hydrogens (tertiary/aromatic N) is 1. The van der Waals surface area contributed by atoms with Crippen LogP contribution >= 0.6 is 11.6 Å². The molecular formula is C18H15ClN2O4. The number of benzene rings is 2. The van der Waals surface area contributed by atoms with Crippen molar-refractivity contribution in [2.24, 2.45) is 0 Å². The fourth-order valence-electron chi connectivity index (χ4n) is 2.51. The molecule has 0 aliphatic heterocycles. The monoisotopic (exact) mass is 358 g/mol. The summed E-state index contributed by atoms with van der Waals surface area (Å²) in [4.78, 5) is 35.8. The Balaban J connectivity index is 1.88. The Labute approximate surface area is 148 Å². The van der Waals surface area contributed by atoms with E-state index in [-0.39, 0.29) is 23.8 Å². The number of amides is 1. The number of rotatable bonds is 4. The van der Waals surface area contributed by atoms with Crippen molar-refractivity contribution in [2.75, 3.05) is 5.32 Å². The van der Waals surface area contributed by atoms with Crippen LogP contribution in [0.2, 0.25) is 5.02 Å². The molecule has 128 valence electrons. The predicted molar refractivity (Wildman–Crippen MR) is 95.3 cm³/mol. The average molecular weight is 359 g/mol. The highest BCUT2D eigenvalue weighted by molar-refractivity contribution is 6.31. The van der Waals surface area contributed by atoms with Gasteiger partial charge in [0.05, 0.1) is 5.52 Å². The Bertz CT molecular complexity index is 1050. The topological polar surface area (TPSA) is 81.3 Å². The lowest BCUT2D eigenvalue weighted by molar-refractivity contribution is -0.116. The molecule has 1 amide bonds. The third-order valence-corrected chi connectivity index (χ3v) is 4.33. The summed E-state index contributed by atoms with van der Waals surface area (Å²) in [6, 6.07) is 9.87. The lowest BCUT2D eigenvalue weighted by Gasteiger charge is -2.09. The zero-order valence-corrected chi connectivity index (χ0v) is 14.4. The van der Waals surface area contributed by atoms with Gasteiger partial charge in [0, 0.05) is 16.3 Å². The fraction of sp³-hybridized carbons (Fsp3) is 0.167. The van der Waals surface area contributed by atoms with E-state index in [4.69, 9.17) is 16.0 Å². The van der Waals surface area contributed by atoms with Crippen molar-refractivity contribution in [3.63, 3.8) is 0 Å². The zero-order chi connectivity index (χ0) is 18.1. The van der Waals surface area contributed by atoms with E-state index in [0.717, 1.165) is 5.56 Å². The molecule has 1 heterocycles. The molecule has 25 heavy (non-hydrogen) atoms. The van der Waals surface area contributed by atoms with Crippen LogP contribution in [-0.4, -0.2) is 16.3 Å². The molecule has 0 bridgehead atoms. The van der Waals surface area contributed by atoms with Crippen molar-refractivity contribution in [1.29, 1.82) is 0 Å². The maximum absolute atomic E-state index is 12.3. The normalized spacial score (nSPS) is 10.8. The number of carbonyl (C=O) groups is 2. The molecular weight excluding hydrogens is 344 g/mol. The number of fused-ring (bicyclic) bond motifs is 1. The van der Waals surface area contributed by atoms with Gasteiger partial charge in [-0.1, -0.05) is 17.7 Å². The smallest absolute Gasteiger partial charge is 0.408 e. The summed E-state index contributed by atoms with van der Waals surface area (Å²) in [5.41, 5.74) is 2.48. The Morgan fingerprint density at radius 3 is 2.72 bits per heavy atom. The van der Waals surface area contributed by atoms with Crippen molar-refractivity contribution in [3.05, 3.63) is 63.1 Å². The number of hydrogen-bond acceptors (Lipinski definition) is 4. The number of Topliss-reactive ketones (excluding diaryl/α,β-unsaturated/α-hetero) is 1. The van der Waals surface area contributed by atoms with E-state index in [1.807, 2.05) is 0 Å². The maximum Gasteiger partial charge on any atom is 0.420 e. The van der Waals surface area contributed by atoms with Gasteiger partial charge in [0.2, 0.25) is 5.91 Å². The number of carbonyl (C=O) groups excluding carboxylic acids is 2. The molecule has 0 aliphatic carbocycles. The molecule has 2 aromatic carbocycles. The molecule has 0 unspecified atom stereocenters.